The molecule has 0 radical (unpaired) electrons. The maximum atomic E-state index is 13.7. The highest BCUT2D eigenvalue weighted by Crippen LogP contribution is 2.29. The normalized spacial score (nSPS) is 13.9. The van der Waals surface area contributed by atoms with Crippen LogP contribution in [0.15, 0.2) is 30.4 Å². The number of likely N-dealkylation sites (N-methyl/N-ethyl adjacent to an activating group) is 1. The molecular weight excluding hydrogens is 518 g/mol. The van der Waals surface area contributed by atoms with Crippen molar-refractivity contribution >= 4 is 39.0 Å². The molecule has 0 bridgehead atoms. The molecule has 0 aliphatic rings. The second kappa shape index (κ2) is 16.8. The molecule has 222 valence electrons. The summed E-state index contributed by atoms with van der Waals surface area (Å²) < 4.78 is 1.11. The summed E-state index contributed by atoms with van der Waals surface area (Å²) in [6.45, 7) is 21.0. The topological polar surface area (TPSA) is 79.4 Å². The molecule has 0 aliphatic carbocycles. The molecule has 1 N–H and O–H groups in total. The molecule has 0 fully saturated rings. The van der Waals surface area contributed by atoms with Crippen LogP contribution in [0.25, 0.3) is 10.2 Å². The number of nitrogens with one attached hydrogen (secondary N) is 1. The van der Waals surface area contributed by atoms with Crippen LogP contribution in [0.3, 0.4) is 0 Å². The Morgan fingerprint density at radius 2 is 1.75 bits per heavy atom. The Kier molecular flexibility index (Phi) is 14.2. The van der Waals surface area contributed by atoms with Crippen LogP contribution >= 0.6 is 11.3 Å². The molecule has 7 heteroatoms. The summed E-state index contributed by atoms with van der Waals surface area (Å²) in [5.41, 5.74) is 2.82. The average molecular weight is 570 g/mol. The van der Waals surface area contributed by atoms with Gasteiger partial charge in [0.05, 0.1) is 21.1 Å². The molecule has 2 aromatic rings. The fourth-order valence-corrected chi connectivity index (χ4v) is 6.01. The van der Waals surface area contributed by atoms with E-state index in [1.165, 1.54) is 5.56 Å². The van der Waals surface area contributed by atoms with E-state index in [4.69, 9.17) is 4.98 Å². The van der Waals surface area contributed by atoms with E-state index in [-0.39, 0.29) is 35.9 Å². The molecule has 1 amide bonds. The van der Waals surface area contributed by atoms with Gasteiger partial charge in [0.1, 0.15) is 5.78 Å². The number of hydrogen-bond donors (Lipinski definition) is 1. The quantitative estimate of drug-likeness (QED) is 0.182. The third kappa shape index (κ3) is 10.2. The number of hydrogen-bond acceptors (Lipinski definition) is 6. The van der Waals surface area contributed by atoms with E-state index in [0.717, 1.165) is 41.2 Å². The molecule has 0 unspecified atom stereocenters. The van der Waals surface area contributed by atoms with Gasteiger partial charge >= 0.3 is 0 Å². The first-order valence-corrected chi connectivity index (χ1v) is 16.0. The van der Waals surface area contributed by atoms with E-state index in [1.807, 2.05) is 13.0 Å². The van der Waals surface area contributed by atoms with Crippen molar-refractivity contribution in [3.05, 3.63) is 40.9 Å². The number of fused-ring (bicyclic) bond motifs is 1. The third-order valence-electron chi connectivity index (χ3n) is 7.96. The number of amides is 1. The molecule has 6 nitrogen and oxygen atoms in total. The fraction of sp³-hybridized carbons (Fsp3) is 0.636. The lowest BCUT2D eigenvalue weighted by molar-refractivity contribution is -0.130. The fourth-order valence-electron chi connectivity index (χ4n) is 4.91. The van der Waals surface area contributed by atoms with Crippen LogP contribution in [0, 0.1) is 11.8 Å². The van der Waals surface area contributed by atoms with Crippen molar-refractivity contribution < 1.29 is 14.4 Å². The Bertz CT molecular complexity index is 1140. The lowest BCUT2D eigenvalue weighted by Gasteiger charge is -2.27. The first-order chi connectivity index (χ1) is 19.0. The second-order valence-corrected chi connectivity index (χ2v) is 12.5. The summed E-state index contributed by atoms with van der Waals surface area (Å²) in [5, 5.41) is 4.12. The van der Waals surface area contributed by atoms with Gasteiger partial charge in [-0.3, -0.25) is 19.3 Å². The summed E-state index contributed by atoms with van der Waals surface area (Å²) in [7, 11) is 0. The zero-order chi connectivity index (χ0) is 29.8. The molecule has 0 spiro atoms. The Balaban J connectivity index is 2.17. The monoisotopic (exact) mass is 569 g/mol. The molecule has 0 saturated heterocycles. The predicted molar refractivity (Wildman–Crippen MR) is 168 cm³/mol. The second-order valence-electron chi connectivity index (χ2n) is 11.4. The number of carbonyl (C=O) groups excluding carboxylic acids is 3. The lowest BCUT2D eigenvalue weighted by atomic mass is 9.91. The van der Waals surface area contributed by atoms with Gasteiger partial charge in [0.25, 0.3) is 0 Å². The molecule has 1 heterocycles. The van der Waals surface area contributed by atoms with E-state index in [9.17, 15) is 14.4 Å². The molecule has 1 aromatic heterocycles. The van der Waals surface area contributed by atoms with E-state index in [2.05, 4.69) is 70.5 Å². The molecule has 2 rings (SSSR count). The smallest absolute Gasteiger partial charge is 0.224 e. The van der Waals surface area contributed by atoms with Gasteiger partial charge in [-0.25, -0.2) is 4.98 Å². The van der Waals surface area contributed by atoms with Crippen molar-refractivity contribution in [2.45, 2.75) is 105 Å². The summed E-state index contributed by atoms with van der Waals surface area (Å²) in [4.78, 5) is 46.2. The van der Waals surface area contributed by atoms with Crippen molar-refractivity contribution in [2.24, 2.45) is 11.8 Å². The summed E-state index contributed by atoms with van der Waals surface area (Å²) in [6, 6.07) is 6.20. The third-order valence-corrected chi connectivity index (χ3v) is 9.00. The van der Waals surface area contributed by atoms with Crippen molar-refractivity contribution in [2.75, 3.05) is 19.6 Å². The van der Waals surface area contributed by atoms with E-state index >= 15 is 0 Å². The molecule has 40 heavy (non-hydrogen) atoms. The maximum absolute atomic E-state index is 13.7. The van der Waals surface area contributed by atoms with Crippen molar-refractivity contribution in [3.8, 4) is 0 Å². The van der Waals surface area contributed by atoms with Gasteiger partial charge in [-0.15, -0.1) is 11.3 Å². The first kappa shape index (κ1) is 33.8. The molecule has 3 atom stereocenters. The zero-order valence-corrected chi connectivity index (χ0v) is 26.7. The van der Waals surface area contributed by atoms with Gasteiger partial charge in [-0.2, -0.15) is 0 Å². The number of nitrogens with zero attached hydrogens (tertiary/aromatic N) is 2. The average Bonchev–Trinajstić information content (AvgIpc) is 3.34. The minimum Gasteiger partial charge on any atom is -0.353 e. The largest absolute Gasteiger partial charge is 0.353 e. The number of Topliss-reactive ketones (excluding diaryl/α,β-unsaturated/α-hetero) is 2. The summed E-state index contributed by atoms with van der Waals surface area (Å²) >= 11 is 1.61. The van der Waals surface area contributed by atoms with Crippen LogP contribution in [-0.2, 0) is 20.8 Å². The van der Waals surface area contributed by atoms with Crippen LogP contribution in [0.2, 0.25) is 0 Å². The molecule has 1 aromatic carbocycles. The molecule has 0 aliphatic heterocycles. The Labute approximate surface area is 246 Å². The van der Waals surface area contributed by atoms with Crippen molar-refractivity contribution in [3.63, 3.8) is 0 Å². The highest BCUT2D eigenvalue weighted by Gasteiger charge is 2.28. The molecule has 0 saturated carbocycles. The van der Waals surface area contributed by atoms with Gasteiger partial charge in [0.15, 0.2) is 5.78 Å². The number of rotatable bonds is 19. The van der Waals surface area contributed by atoms with Crippen LogP contribution in [0.4, 0.5) is 0 Å². The van der Waals surface area contributed by atoms with Crippen molar-refractivity contribution in [1.29, 1.82) is 0 Å². The van der Waals surface area contributed by atoms with Crippen molar-refractivity contribution in [1.82, 2.24) is 15.2 Å². The van der Waals surface area contributed by atoms with Gasteiger partial charge in [0.2, 0.25) is 5.91 Å². The zero-order valence-electron chi connectivity index (χ0n) is 25.8. The SMILES string of the molecule is C=C(CN(CC)CC)C(=O)CC[C@@H](NC(=O)[C@@H](CC(=O)CCC)Cc1nc2ccc(C(C)C)cc2s1)[C@@H](C)CC. The van der Waals surface area contributed by atoms with Crippen LogP contribution in [0.5, 0.6) is 0 Å². The number of benzene rings is 1. The highest BCUT2D eigenvalue weighted by molar-refractivity contribution is 7.18. The Morgan fingerprint density at radius 1 is 1.05 bits per heavy atom. The summed E-state index contributed by atoms with van der Waals surface area (Å²) in [5.74, 6) is 0.194. The number of aromatic nitrogens is 1. The minimum atomic E-state index is -0.482. The van der Waals surface area contributed by atoms with E-state index in [1.54, 1.807) is 11.3 Å². The standard InChI is InChI=1S/C33H51N3O3S/c1-9-13-27(37)18-26(20-32-34-29-15-14-25(22(5)6)19-31(29)40-32)33(39)35-28(23(7)10-2)16-17-30(38)24(8)21-36(11-3)12-4/h14-15,19,22-23,26,28H,8-13,16-18,20-21H2,1-7H3,(H,35,39)/t23-,26-,28+/m0/s1. The first-order valence-electron chi connectivity index (χ1n) is 15.2. The Hall–Kier alpha value is -2.38. The highest BCUT2D eigenvalue weighted by atomic mass is 32.1. The maximum Gasteiger partial charge on any atom is 0.224 e. The van der Waals surface area contributed by atoms with Gasteiger partial charge in [0, 0.05) is 43.8 Å². The predicted octanol–water partition coefficient (Wildman–Crippen LogP) is 7.12. The van der Waals surface area contributed by atoms with Crippen LogP contribution in [-0.4, -0.2) is 53.0 Å². The lowest BCUT2D eigenvalue weighted by Crippen LogP contribution is -2.43. The number of carbonyl (C=O) groups is 3. The van der Waals surface area contributed by atoms with Gasteiger partial charge < -0.3 is 5.32 Å². The van der Waals surface area contributed by atoms with Gasteiger partial charge in [-0.05, 0) is 55.5 Å². The number of ketones is 2. The van der Waals surface area contributed by atoms with E-state index in [0.29, 0.717) is 43.7 Å². The van der Waals surface area contributed by atoms with Crippen LogP contribution in [0.1, 0.15) is 103 Å². The molecular formula is C33H51N3O3S. The number of thiazole rings is 1. The summed E-state index contributed by atoms with van der Waals surface area (Å²) in [6.07, 6.45) is 3.68. The Morgan fingerprint density at radius 3 is 2.35 bits per heavy atom. The van der Waals surface area contributed by atoms with Gasteiger partial charge in [-0.1, -0.05) is 67.5 Å². The van der Waals surface area contributed by atoms with E-state index < -0.39 is 5.92 Å². The van der Waals surface area contributed by atoms with Crippen LogP contribution < -0.4 is 5.32 Å². The minimum absolute atomic E-state index is 0.0550.